The van der Waals surface area contributed by atoms with Crippen LogP contribution < -0.4 is 11.3 Å². The molecule has 0 spiro atoms. The molecule has 1 aromatic carbocycles. The van der Waals surface area contributed by atoms with Crippen molar-refractivity contribution < 1.29 is 4.39 Å². The summed E-state index contributed by atoms with van der Waals surface area (Å²) in [5, 5.41) is 4.77. The van der Waals surface area contributed by atoms with Crippen molar-refractivity contribution in [2.24, 2.45) is 12.9 Å². The minimum absolute atomic E-state index is 0.205. The van der Waals surface area contributed by atoms with Gasteiger partial charge in [0.2, 0.25) is 0 Å². The maximum Gasteiger partial charge on any atom is 0.127 e. The van der Waals surface area contributed by atoms with Crippen LogP contribution in [0.1, 0.15) is 29.9 Å². The molecule has 0 radical (unpaired) electrons. The summed E-state index contributed by atoms with van der Waals surface area (Å²) >= 11 is 5.76. The molecule has 20 heavy (non-hydrogen) atoms. The molecule has 0 bridgehead atoms. The fraction of sp³-hybridized carbons (Fsp3) is 0.357. The molecule has 0 aliphatic rings. The summed E-state index contributed by atoms with van der Waals surface area (Å²) in [5.74, 6) is 5.29. The highest BCUT2D eigenvalue weighted by Gasteiger charge is 2.17. The summed E-state index contributed by atoms with van der Waals surface area (Å²) in [5.41, 5.74) is 5.21. The molecule has 0 fully saturated rings. The van der Waals surface area contributed by atoms with Crippen molar-refractivity contribution in [1.82, 2.24) is 15.2 Å². The second-order valence-electron chi connectivity index (χ2n) is 4.70. The molecule has 2 aromatic rings. The molecular formula is C14H18ClFN4. The van der Waals surface area contributed by atoms with E-state index in [-0.39, 0.29) is 11.9 Å². The normalized spacial score (nSPS) is 12.7. The summed E-state index contributed by atoms with van der Waals surface area (Å²) in [6.45, 7) is 2.04. The maximum absolute atomic E-state index is 13.9. The number of nitrogens with two attached hydrogens (primary N) is 1. The third kappa shape index (κ3) is 3.17. The number of hydrazine groups is 1. The molecule has 0 saturated heterocycles. The fourth-order valence-corrected chi connectivity index (χ4v) is 2.36. The Kier molecular flexibility index (Phi) is 4.75. The first-order valence-corrected chi connectivity index (χ1v) is 6.85. The summed E-state index contributed by atoms with van der Waals surface area (Å²) in [6, 6.07) is 6.44. The van der Waals surface area contributed by atoms with Crippen molar-refractivity contribution in [3.8, 4) is 0 Å². The molecule has 0 amide bonds. The number of halogens is 2. The van der Waals surface area contributed by atoms with Crippen LogP contribution in [-0.2, 0) is 19.9 Å². The van der Waals surface area contributed by atoms with Crippen molar-refractivity contribution in [3.05, 3.63) is 52.1 Å². The van der Waals surface area contributed by atoms with Gasteiger partial charge in [0.15, 0.2) is 0 Å². The quantitative estimate of drug-likeness (QED) is 0.658. The summed E-state index contributed by atoms with van der Waals surface area (Å²) in [6.07, 6.45) is 1.28. The number of benzene rings is 1. The molecule has 4 nitrogen and oxygen atoms in total. The Labute approximate surface area is 122 Å². The highest BCUT2D eigenvalue weighted by Crippen LogP contribution is 2.22. The first-order valence-electron chi connectivity index (χ1n) is 6.48. The number of hydrogen-bond acceptors (Lipinski definition) is 3. The molecule has 108 valence electrons. The Morgan fingerprint density at radius 2 is 2.20 bits per heavy atom. The van der Waals surface area contributed by atoms with Crippen molar-refractivity contribution in [3.63, 3.8) is 0 Å². The van der Waals surface area contributed by atoms with Crippen LogP contribution in [0, 0.1) is 5.82 Å². The molecule has 0 aliphatic heterocycles. The van der Waals surface area contributed by atoms with Crippen LogP contribution in [0.2, 0.25) is 5.02 Å². The minimum Gasteiger partial charge on any atom is -0.271 e. The van der Waals surface area contributed by atoms with E-state index in [9.17, 15) is 4.39 Å². The van der Waals surface area contributed by atoms with E-state index in [1.54, 1.807) is 16.8 Å². The van der Waals surface area contributed by atoms with Gasteiger partial charge in [-0.05, 0) is 36.6 Å². The molecule has 3 N–H and O–H groups in total. The lowest BCUT2D eigenvalue weighted by Gasteiger charge is -2.16. The maximum atomic E-state index is 13.9. The van der Waals surface area contributed by atoms with Crippen molar-refractivity contribution in [2.75, 3.05) is 0 Å². The van der Waals surface area contributed by atoms with Gasteiger partial charge < -0.3 is 0 Å². The van der Waals surface area contributed by atoms with E-state index in [1.165, 1.54) is 6.07 Å². The Morgan fingerprint density at radius 3 is 2.75 bits per heavy atom. The van der Waals surface area contributed by atoms with E-state index in [0.29, 0.717) is 17.0 Å². The monoisotopic (exact) mass is 296 g/mol. The Bertz CT molecular complexity index is 597. The lowest BCUT2D eigenvalue weighted by molar-refractivity contribution is 0.495. The van der Waals surface area contributed by atoms with Crippen LogP contribution in [0.5, 0.6) is 0 Å². The zero-order valence-electron chi connectivity index (χ0n) is 11.5. The number of nitrogens with zero attached hydrogens (tertiary/aromatic N) is 2. The molecule has 1 unspecified atom stereocenters. The molecule has 6 heteroatoms. The van der Waals surface area contributed by atoms with E-state index in [2.05, 4.69) is 10.5 Å². The topological polar surface area (TPSA) is 55.9 Å². The Morgan fingerprint density at radius 1 is 1.45 bits per heavy atom. The van der Waals surface area contributed by atoms with Gasteiger partial charge >= 0.3 is 0 Å². The molecule has 2 rings (SSSR count). The number of hydrogen-bond donors (Lipinski definition) is 2. The van der Waals surface area contributed by atoms with E-state index >= 15 is 0 Å². The van der Waals surface area contributed by atoms with Crippen LogP contribution in [0.25, 0.3) is 0 Å². The Balaban J connectivity index is 2.26. The number of aromatic nitrogens is 2. The van der Waals surface area contributed by atoms with Gasteiger partial charge in [0.25, 0.3) is 0 Å². The minimum atomic E-state index is -0.323. The second kappa shape index (κ2) is 6.35. The van der Waals surface area contributed by atoms with Gasteiger partial charge in [-0.3, -0.25) is 16.0 Å². The Hall–Kier alpha value is -1.43. The van der Waals surface area contributed by atoms with Crippen LogP contribution in [0.15, 0.2) is 24.3 Å². The van der Waals surface area contributed by atoms with Crippen molar-refractivity contribution in [2.45, 2.75) is 25.8 Å². The molecule has 1 heterocycles. The molecule has 0 saturated carbocycles. The van der Waals surface area contributed by atoms with Crippen molar-refractivity contribution >= 4 is 11.6 Å². The van der Waals surface area contributed by atoms with Crippen LogP contribution in [-0.4, -0.2) is 9.78 Å². The molecule has 1 aromatic heterocycles. The number of rotatable bonds is 5. The van der Waals surface area contributed by atoms with Crippen LogP contribution in [0.3, 0.4) is 0 Å². The predicted molar refractivity (Wildman–Crippen MR) is 77.8 cm³/mol. The van der Waals surface area contributed by atoms with Gasteiger partial charge in [0.1, 0.15) is 5.82 Å². The molecule has 0 aliphatic carbocycles. The zero-order valence-corrected chi connectivity index (χ0v) is 12.3. The fourth-order valence-electron chi connectivity index (χ4n) is 2.20. The van der Waals surface area contributed by atoms with Gasteiger partial charge in [-0.2, -0.15) is 5.10 Å². The molecular weight excluding hydrogens is 279 g/mol. The first kappa shape index (κ1) is 15.0. The summed E-state index contributed by atoms with van der Waals surface area (Å²) < 4.78 is 15.6. The SMILES string of the molecule is CCc1cc(C(Cc2ccc(Cl)cc2F)NN)n(C)n1. The smallest absolute Gasteiger partial charge is 0.127 e. The van der Waals surface area contributed by atoms with E-state index < -0.39 is 0 Å². The lowest BCUT2D eigenvalue weighted by Crippen LogP contribution is -2.31. The average Bonchev–Trinajstić information content (AvgIpc) is 2.79. The van der Waals surface area contributed by atoms with Crippen LogP contribution >= 0.6 is 11.6 Å². The van der Waals surface area contributed by atoms with Gasteiger partial charge in [-0.1, -0.05) is 24.6 Å². The van der Waals surface area contributed by atoms with Gasteiger partial charge in [0.05, 0.1) is 17.4 Å². The summed E-state index contributed by atoms with van der Waals surface area (Å²) in [4.78, 5) is 0. The van der Waals surface area contributed by atoms with Crippen LogP contribution in [0.4, 0.5) is 4.39 Å². The second-order valence-corrected chi connectivity index (χ2v) is 5.13. The van der Waals surface area contributed by atoms with Crippen molar-refractivity contribution in [1.29, 1.82) is 0 Å². The van der Waals surface area contributed by atoms with E-state index in [4.69, 9.17) is 17.4 Å². The highest BCUT2D eigenvalue weighted by molar-refractivity contribution is 6.30. The largest absolute Gasteiger partial charge is 0.271 e. The standard InChI is InChI=1S/C14H18ClFN4/c1-3-11-8-14(20(2)19-11)13(18-17)6-9-4-5-10(15)7-12(9)16/h4-5,7-8,13,18H,3,6,17H2,1-2H3. The van der Waals surface area contributed by atoms with Gasteiger partial charge in [-0.15, -0.1) is 0 Å². The third-order valence-corrected chi connectivity index (χ3v) is 3.56. The lowest BCUT2D eigenvalue weighted by atomic mass is 10.0. The molecule has 1 atom stereocenters. The van der Waals surface area contributed by atoms with E-state index in [0.717, 1.165) is 17.8 Å². The predicted octanol–water partition coefficient (Wildman–Crippen LogP) is 2.52. The number of nitrogens with one attached hydrogen (secondary N) is 1. The highest BCUT2D eigenvalue weighted by atomic mass is 35.5. The zero-order chi connectivity index (χ0) is 14.7. The van der Waals surface area contributed by atoms with Gasteiger partial charge in [0, 0.05) is 12.1 Å². The van der Waals surface area contributed by atoms with Gasteiger partial charge in [-0.25, -0.2) is 4.39 Å². The average molecular weight is 297 g/mol. The van der Waals surface area contributed by atoms with E-state index in [1.807, 2.05) is 20.0 Å². The summed E-state index contributed by atoms with van der Waals surface area (Å²) in [7, 11) is 1.86. The number of aryl methyl sites for hydroxylation is 2. The third-order valence-electron chi connectivity index (χ3n) is 3.33. The first-order chi connectivity index (χ1) is 9.55.